The number of hydrogen-bond donors (Lipinski definition) is 6. The van der Waals surface area contributed by atoms with Crippen LogP contribution in [-0.2, 0) is 0 Å². The van der Waals surface area contributed by atoms with Crippen molar-refractivity contribution in [3.8, 4) is 0 Å². The fraction of sp³-hybridized carbons (Fsp3) is 0. The first kappa shape index (κ1) is 31.7. The SMILES string of the molecule is NC(N)=[NH2+].NC(N)=[NH2+].O.O.O.O=C([O-])c1nccnc1C(=O)[O-]. The Hall–Kier alpha value is -3.56. The number of hydrogen-bond acceptors (Lipinski definition) is 6. The van der Waals surface area contributed by atoms with Crippen LogP contribution in [0.1, 0.15) is 21.0 Å². The van der Waals surface area contributed by atoms with Gasteiger partial charge in [0, 0.05) is 12.4 Å². The molecule has 0 fully saturated rings. The van der Waals surface area contributed by atoms with Gasteiger partial charge in [-0.05, 0) is 0 Å². The maximum absolute atomic E-state index is 10.2. The van der Waals surface area contributed by atoms with Crippen LogP contribution in [0.3, 0.4) is 0 Å². The highest BCUT2D eigenvalue weighted by molar-refractivity contribution is 5.96. The summed E-state index contributed by atoms with van der Waals surface area (Å²) in [7, 11) is 0. The van der Waals surface area contributed by atoms with Crippen LogP contribution in [0.25, 0.3) is 0 Å². The molecular weight excluding hydrogens is 320 g/mol. The second-order valence-electron chi connectivity index (χ2n) is 2.83. The van der Waals surface area contributed by atoms with Gasteiger partial charge < -0.3 is 36.2 Å². The van der Waals surface area contributed by atoms with E-state index in [2.05, 4.69) is 43.7 Å². The van der Waals surface area contributed by atoms with Gasteiger partial charge in [-0.25, -0.2) is 0 Å². The molecule has 1 aromatic rings. The zero-order chi connectivity index (χ0) is 16.3. The third-order valence-corrected chi connectivity index (χ3v) is 1.08. The van der Waals surface area contributed by atoms with Crippen LogP contribution in [-0.4, -0.2) is 50.3 Å². The van der Waals surface area contributed by atoms with Crippen LogP contribution in [0, 0.1) is 0 Å². The van der Waals surface area contributed by atoms with Crippen molar-refractivity contribution in [1.82, 2.24) is 9.97 Å². The minimum absolute atomic E-state index is 0. The Labute approximate surface area is 128 Å². The molecule has 0 bridgehead atoms. The number of carbonyl (C=O) groups excluding carboxylic acids is 2. The highest BCUT2D eigenvalue weighted by atomic mass is 16.4. The summed E-state index contributed by atoms with van der Waals surface area (Å²) >= 11 is 0. The first-order chi connectivity index (χ1) is 9.09. The molecule has 1 rings (SSSR count). The van der Waals surface area contributed by atoms with E-state index in [1.165, 1.54) is 0 Å². The lowest BCUT2D eigenvalue weighted by Gasteiger charge is -2.07. The van der Waals surface area contributed by atoms with Gasteiger partial charge in [0.05, 0.1) is 11.9 Å². The molecule has 1 heterocycles. The van der Waals surface area contributed by atoms with Crippen molar-refractivity contribution >= 4 is 23.9 Å². The number of carboxylic acids is 2. The Morgan fingerprint density at radius 1 is 0.783 bits per heavy atom. The number of nitrogens with zero attached hydrogens (tertiary/aromatic N) is 2. The zero-order valence-corrected chi connectivity index (χ0v) is 11.6. The van der Waals surface area contributed by atoms with Gasteiger partial charge >= 0.3 is 11.9 Å². The van der Waals surface area contributed by atoms with E-state index < -0.39 is 23.3 Å². The Morgan fingerprint density at radius 2 is 0.957 bits per heavy atom. The van der Waals surface area contributed by atoms with Crippen molar-refractivity contribution < 1.29 is 47.0 Å². The van der Waals surface area contributed by atoms with Gasteiger partial charge in [0.15, 0.2) is 0 Å². The van der Waals surface area contributed by atoms with E-state index in [0.29, 0.717) is 0 Å². The molecule has 0 atom stereocenters. The Bertz CT molecular complexity index is 456. The topological polar surface area (TPSA) is 356 Å². The van der Waals surface area contributed by atoms with Gasteiger partial charge in [0.1, 0.15) is 11.4 Å². The minimum atomic E-state index is -1.69. The Morgan fingerprint density at radius 3 is 1.09 bits per heavy atom. The van der Waals surface area contributed by atoms with Crippen LogP contribution >= 0.6 is 0 Å². The smallest absolute Gasteiger partial charge is 0.336 e. The molecule has 0 aliphatic rings. The van der Waals surface area contributed by atoms with Gasteiger partial charge in [-0.1, -0.05) is 0 Å². The zero-order valence-electron chi connectivity index (χ0n) is 11.6. The lowest BCUT2D eigenvalue weighted by molar-refractivity contribution is -0.260. The monoisotopic (exact) mass is 340 g/mol. The average molecular weight is 340 g/mol. The van der Waals surface area contributed by atoms with E-state index in [9.17, 15) is 19.8 Å². The van der Waals surface area contributed by atoms with E-state index in [1.54, 1.807) is 0 Å². The van der Waals surface area contributed by atoms with Crippen molar-refractivity contribution in [3.05, 3.63) is 23.8 Å². The van der Waals surface area contributed by atoms with Gasteiger partial charge in [-0.3, -0.25) is 43.7 Å². The number of rotatable bonds is 2. The van der Waals surface area contributed by atoms with E-state index in [-0.39, 0.29) is 28.3 Å². The highest BCUT2D eigenvalue weighted by Gasteiger charge is 2.05. The van der Waals surface area contributed by atoms with Crippen molar-refractivity contribution in [3.63, 3.8) is 0 Å². The van der Waals surface area contributed by atoms with Crippen molar-refractivity contribution in [1.29, 1.82) is 0 Å². The van der Waals surface area contributed by atoms with Gasteiger partial charge in [-0.2, -0.15) is 0 Å². The summed E-state index contributed by atoms with van der Waals surface area (Å²) in [5.41, 5.74) is 16.9. The van der Waals surface area contributed by atoms with Crippen molar-refractivity contribution in [2.24, 2.45) is 22.9 Å². The molecule has 23 heavy (non-hydrogen) atoms. The first-order valence-corrected chi connectivity index (χ1v) is 4.60. The molecule has 0 radical (unpaired) electrons. The lowest BCUT2D eigenvalue weighted by Crippen LogP contribution is -2.51. The van der Waals surface area contributed by atoms with Crippen molar-refractivity contribution in [2.45, 2.75) is 0 Å². The molecule has 15 heteroatoms. The molecule has 0 saturated heterocycles. The molecule has 0 amide bonds. The highest BCUT2D eigenvalue weighted by Crippen LogP contribution is 1.97. The molecule has 18 N–H and O–H groups in total. The van der Waals surface area contributed by atoms with E-state index in [1.807, 2.05) is 0 Å². The quantitative estimate of drug-likeness (QED) is 0.218. The first-order valence-electron chi connectivity index (χ1n) is 4.60. The van der Waals surface area contributed by atoms with Crippen molar-refractivity contribution in [2.75, 3.05) is 0 Å². The molecule has 0 unspecified atom stereocenters. The maximum atomic E-state index is 10.2. The largest absolute Gasteiger partial charge is 0.543 e. The van der Waals surface area contributed by atoms with Gasteiger partial charge in [0.2, 0.25) is 0 Å². The number of guanidine groups is 2. The number of nitrogens with two attached hydrogens (primary N) is 6. The summed E-state index contributed by atoms with van der Waals surface area (Å²) in [4.78, 5) is 27.0. The summed E-state index contributed by atoms with van der Waals surface area (Å²) < 4.78 is 0. The van der Waals surface area contributed by atoms with Crippen LogP contribution in [0.4, 0.5) is 0 Å². The second-order valence-corrected chi connectivity index (χ2v) is 2.83. The van der Waals surface area contributed by atoms with E-state index in [4.69, 9.17) is 0 Å². The number of aromatic carboxylic acids is 2. The van der Waals surface area contributed by atoms with E-state index >= 15 is 0 Å². The fourth-order valence-corrected chi connectivity index (χ4v) is 0.637. The summed E-state index contributed by atoms with van der Waals surface area (Å²) in [6.45, 7) is 0. The standard InChI is InChI=1S/C6H4N2O4.2CH5N3.3H2O/c9-5(10)3-4(6(11)12)8-2-1-7-3;2*2-1(3)4;;;/h1-2H,(H,9,10)(H,11,12);2*(H5,2,3,4);3*1H2. The summed E-state index contributed by atoms with van der Waals surface area (Å²) in [6, 6.07) is 0. The van der Waals surface area contributed by atoms with Crippen LogP contribution in [0.2, 0.25) is 0 Å². The molecular formula is C8H20N8O7. The minimum Gasteiger partial charge on any atom is -0.543 e. The summed E-state index contributed by atoms with van der Waals surface area (Å²) in [5.74, 6) is -3.55. The Balaban J connectivity index is -0.0000000844. The predicted octanol–water partition coefficient (Wildman–Crippen LogP) is -11.2. The second kappa shape index (κ2) is 16.5. The van der Waals surface area contributed by atoms with Crippen LogP contribution in [0.5, 0.6) is 0 Å². The third kappa shape index (κ3) is 20.9. The van der Waals surface area contributed by atoms with Gasteiger partial charge in [0.25, 0.3) is 0 Å². The van der Waals surface area contributed by atoms with Gasteiger partial charge in [-0.15, -0.1) is 0 Å². The molecule has 134 valence electrons. The molecule has 0 spiro atoms. The number of aromatic nitrogens is 2. The molecule has 0 aliphatic heterocycles. The van der Waals surface area contributed by atoms with Crippen LogP contribution in [0.15, 0.2) is 12.4 Å². The molecule has 0 saturated carbocycles. The summed E-state index contributed by atoms with van der Waals surface area (Å²) in [5, 5.41) is 29.6. The molecule has 15 nitrogen and oxygen atoms in total. The third-order valence-electron chi connectivity index (χ3n) is 1.08. The predicted molar refractivity (Wildman–Crippen MR) is 72.1 cm³/mol. The number of carboxylic acid groups (broad SMARTS) is 2. The molecule has 1 aromatic heterocycles. The maximum Gasteiger partial charge on any atom is 0.336 e. The lowest BCUT2D eigenvalue weighted by atomic mass is 10.3. The Kier molecular flexibility index (Phi) is 22.7. The summed E-state index contributed by atoms with van der Waals surface area (Å²) in [6.07, 6.45) is 2.11. The fourth-order valence-electron chi connectivity index (χ4n) is 0.637. The normalized spacial score (nSPS) is 6.96. The van der Waals surface area contributed by atoms with Crippen LogP contribution < -0.4 is 44.0 Å². The number of carbonyl (C=O) groups is 2. The average Bonchev–Trinajstić information content (AvgIpc) is 2.27. The van der Waals surface area contributed by atoms with E-state index in [0.717, 1.165) is 12.4 Å². The molecule has 0 aliphatic carbocycles. The molecule has 0 aromatic carbocycles.